The number of rotatable bonds is 6. The van der Waals surface area contributed by atoms with Gasteiger partial charge < -0.3 is 15.4 Å². The number of terminal acetylenes is 1. The zero-order valence-electron chi connectivity index (χ0n) is 14.3. The maximum absolute atomic E-state index is 14.8. The van der Waals surface area contributed by atoms with Crippen LogP contribution in [0.15, 0.2) is 36.4 Å². The van der Waals surface area contributed by atoms with Crippen molar-refractivity contribution >= 4 is 23.2 Å². The summed E-state index contributed by atoms with van der Waals surface area (Å²) >= 11 is 0. The van der Waals surface area contributed by atoms with E-state index in [4.69, 9.17) is 16.9 Å². The predicted molar refractivity (Wildman–Crippen MR) is 97.7 cm³/mol. The number of benzene rings is 2. The van der Waals surface area contributed by atoms with Gasteiger partial charge in [-0.1, -0.05) is 18.1 Å². The Morgan fingerprint density at radius 2 is 1.96 bits per heavy atom. The first-order chi connectivity index (χ1) is 12.5. The number of nitrogens with one attached hydrogen (secondary N) is 1. The van der Waals surface area contributed by atoms with Crippen molar-refractivity contribution in [2.45, 2.75) is 13.5 Å². The number of carbonyl (C=O) groups excluding carboxylic acids is 1. The molecule has 0 aliphatic carbocycles. The second kappa shape index (κ2) is 8.72. The van der Waals surface area contributed by atoms with Crippen LogP contribution >= 0.6 is 0 Å². The van der Waals surface area contributed by atoms with E-state index in [0.29, 0.717) is 0 Å². The average molecular weight is 359 g/mol. The fourth-order valence-corrected chi connectivity index (χ4v) is 2.36. The normalized spacial score (nSPS) is 10.1. The van der Waals surface area contributed by atoms with Crippen LogP contribution in [0.2, 0.25) is 0 Å². The summed E-state index contributed by atoms with van der Waals surface area (Å²) in [6.45, 7) is 2.23. The lowest BCUT2D eigenvalue weighted by Crippen LogP contribution is -2.25. The monoisotopic (exact) mass is 359 g/mol. The summed E-state index contributed by atoms with van der Waals surface area (Å²) in [7, 11) is 0. The molecule has 0 heterocycles. The summed E-state index contributed by atoms with van der Waals surface area (Å²) in [5.41, 5.74) is 6.62. The topological polar surface area (TPSA) is 67.6 Å². The number of anilines is 3. The number of hydrogen-bond acceptors (Lipinski definition) is 4. The van der Waals surface area contributed by atoms with Crippen LogP contribution in [0.25, 0.3) is 0 Å². The van der Waals surface area contributed by atoms with Gasteiger partial charge in [0, 0.05) is 6.54 Å². The fraction of sp³-hybridized carbons (Fsp3) is 0.211. The summed E-state index contributed by atoms with van der Waals surface area (Å²) < 4.78 is 32.5. The van der Waals surface area contributed by atoms with E-state index in [1.165, 1.54) is 24.3 Å². The highest BCUT2D eigenvalue weighted by molar-refractivity contribution is 5.90. The molecular weight excluding hydrogens is 340 g/mol. The van der Waals surface area contributed by atoms with Crippen LogP contribution in [-0.4, -0.2) is 19.2 Å². The molecule has 0 aromatic heterocycles. The van der Waals surface area contributed by atoms with Crippen molar-refractivity contribution in [2.24, 2.45) is 0 Å². The minimum absolute atomic E-state index is 0.104. The first kappa shape index (κ1) is 19.1. The maximum atomic E-state index is 14.8. The predicted octanol–water partition coefficient (Wildman–Crippen LogP) is 3.76. The molecule has 0 aliphatic heterocycles. The van der Waals surface area contributed by atoms with E-state index in [1.54, 1.807) is 24.0 Å². The number of hydrogen-bond donors (Lipinski definition) is 2. The molecule has 3 N–H and O–H groups in total. The molecule has 0 saturated carbocycles. The zero-order valence-corrected chi connectivity index (χ0v) is 14.3. The van der Waals surface area contributed by atoms with Crippen molar-refractivity contribution in [2.75, 3.05) is 29.1 Å². The smallest absolute Gasteiger partial charge is 0.411 e. The summed E-state index contributed by atoms with van der Waals surface area (Å²) in [4.78, 5) is 13.1. The molecule has 0 saturated heterocycles. The van der Waals surface area contributed by atoms with E-state index >= 15 is 0 Å². The first-order valence-electron chi connectivity index (χ1n) is 7.90. The highest BCUT2D eigenvalue weighted by atomic mass is 19.1. The Morgan fingerprint density at radius 1 is 1.27 bits per heavy atom. The Morgan fingerprint density at radius 3 is 2.58 bits per heavy atom. The molecule has 0 atom stereocenters. The lowest BCUT2D eigenvalue weighted by molar-refractivity contribution is 0.168. The third-order valence-electron chi connectivity index (χ3n) is 3.58. The number of amides is 1. The van der Waals surface area contributed by atoms with Gasteiger partial charge in [0.2, 0.25) is 0 Å². The summed E-state index contributed by atoms with van der Waals surface area (Å²) in [5, 5.41) is 2.38. The van der Waals surface area contributed by atoms with Crippen molar-refractivity contribution in [3.63, 3.8) is 0 Å². The largest absolute Gasteiger partial charge is 0.450 e. The van der Waals surface area contributed by atoms with Gasteiger partial charge in [0.1, 0.15) is 5.82 Å². The van der Waals surface area contributed by atoms with E-state index in [2.05, 4.69) is 11.2 Å². The van der Waals surface area contributed by atoms with Crippen LogP contribution in [0.1, 0.15) is 12.5 Å². The Kier molecular flexibility index (Phi) is 6.39. The van der Waals surface area contributed by atoms with Gasteiger partial charge in [-0.15, -0.1) is 6.42 Å². The number of ether oxygens (including phenoxy) is 1. The zero-order chi connectivity index (χ0) is 19.1. The summed E-state index contributed by atoms with van der Waals surface area (Å²) in [6.07, 6.45) is 4.66. The van der Waals surface area contributed by atoms with Gasteiger partial charge in [-0.3, -0.25) is 5.32 Å². The molecule has 136 valence electrons. The lowest BCUT2D eigenvalue weighted by Gasteiger charge is -2.24. The summed E-state index contributed by atoms with van der Waals surface area (Å²) in [6, 6.07) is 8.77. The second-order valence-electron chi connectivity index (χ2n) is 5.39. The van der Waals surface area contributed by atoms with Gasteiger partial charge in [-0.25, -0.2) is 13.6 Å². The molecule has 0 radical (unpaired) electrons. The third-order valence-corrected chi connectivity index (χ3v) is 3.58. The second-order valence-corrected chi connectivity index (χ2v) is 5.39. The number of halogens is 2. The van der Waals surface area contributed by atoms with Crippen molar-refractivity contribution < 1.29 is 18.3 Å². The highest BCUT2D eigenvalue weighted by Crippen LogP contribution is 2.31. The van der Waals surface area contributed by atoms with Crippen LogP contribution in [0.5, 0.6) is 0 Å². The Balaban J connectivity index is 2.28. The SMILES string of the molecule is C#CCN(Cc1ccc(F)cc1)c1ccc(NC(=O)OCC)c(N)c1F. The Bertz CT molecular complexity index is 817. The Labute approximate surface area is 150 Å². The van der Waals surface area contributed by atoms with Gasteiger partial charge in [-0.2, -0.15) is 0 Å². The average Bonchev–Trinajstić information content (AvgIpc) is 2.61. The van der Waals surface area contributed by atoms with Crippen LogP contribution < -0.4 is 16.0 Å². The van der Waals surface area contributed by atoms with Gasteiger partial charge in [-0.05, 0) is 36.8 Å². The van der Waals surface area contributed by atoms with Crippen molar-refractivity contribution in [1.29, 1.82) is 0 Å². The maximum Gasteiger partial charge on any atom is 0.411 e. The van der Waals surface area contributed by atoms with Crippen molar-refractivity contribution in [3.05, 3.63) is 53.6 Å². The standard InChI is InChI=1S/C19H19F2N3O2/c1-3-11-24(12-13-5-7-14(20)8-6-13)16-10-9-15(18(22)17(16)21)23-19(25)26-4-2/h1,5-10H,4,11-12,22H2,2H3,(H,23,25). The quantitative estimate of drug-likeness (QED) is 0.609. The van der Waals surface area contributed by atoms with Crippen LogP contribution in [0.4, 0.5) is 30.6 Å². The Hall–Kier alpha value is -3.27. The van der Waals surface area contributed by atoms with Gasteiger partial charge in [0.25, 0.3) is 0 Å². The van der Waals surface area contributed by atoms with Crippen molar-refractivity contribution in [3.8, 4) is 12.3 Å². The molecule has 26 heavy (non-hydrogen) atoms. The highest BCUT2D eigenvalue weighted by Gasteiger charge is 2.17. The molecule has 2 rings (SSSR count). The molecule has 1 amide bonds. The van der Waals surface area contributed by atoms with E-state index in [1.807, 2.05) is 0 Å². The molecule has 2 aromatic rings. The third kappa shape index (κ3) is 4.63. The number of nitrogens with zero attached hydrogens (tertiary/aromatic N) is 1. The number of carbonyl (C=O) groups is 1. The minimum atomic E-state index is -0.724. The molecule has 0 bridgehead atoms. The van der Waals surface area contributed by atoms with Crippen LogP contribution in [-0.2, 0) is 11.3 Å². The molecule has 2 aromatic carbocycles. The van der Waals surface area contributed by atoms with Gasteiger partial charge in [0.05, 0.1) is 30.2 Å². The van der Waals surface area contributed by atoms with Gasteiger partial charge in [0.15, 0.2) is 5.82 Å². The van der Waals surface area contributed by atoms with Gasteiger partial charge >= 0.3 is 6.09 Å². The van der Waals surface area contributed by atoms with Crippen LogP contribution in [0.3, 0.4) is 0 Å². The molecule has 0 fully saturated rings. The molecule has 5 nitrogen and oxygen atoms in total. The molecule has 0 unspecified atom stereocenters. The van der Waals surface area contributed by atoms with E-state index in [0.717, 1.165) is 5.56 Å². The first-order valence-corrected chi connectivity index (χ1v) is 7.90. The van der Waals surface area contributed by atoms with E-state index in [-0.39, 0.29) is 42.6 Å². The molecular formula is C19H19F2N3O2. The molecule has 7 heteroatoms. The van der Waals surface area contributed by atoms with Crippen LogP contribution in [0, 0.1) is 24.0 Å². The van der Waals surface area contributed by atoms with Crippen molar-refractivity contribution in [1.82, 2.24) is 0 Å². The minimum Gasteiger partial charge on any atom is -0.450 e. The summed E-state index contributed by atoms with van der Waals surface area (Å²) in [5.74, 6) is 1.39. The fourth-order valence-electron chi connectivity index (χ4n) is 2.36. The lowest BCUT2D eigenvalue weighted by atomic mass is 10.1. The molecule has 0 spiro atoms. The molecule has 0 aliphatic rings. The van der Waals surface area contributed by atoms with E-state index in [9.17, 15) is 13.6 Å². The number of nitrogens with two attached hydrogens (primary N) is 1. The van der Waals surface area contributed by atoms with E-state index < -0.39 is 11.9 Å². The number of nitrogen functional groups attached to an aromatic ring is 1.